The molecular weight excluding hydrogens is 442 g/mol. The van der Waals surface area contributed by atoms with Gasteiger partial charge in [0, 0.05) is 18.8 Å². The van der Waals surface area contributed by atoms with Crippen molar-refractivity contribution in [3.05, 3.63) is 29.8 Å². The first-order valence-electron chi connectivity index (χ1n) is 9.88. The monoisotopic (exact) mass is 469 g/mol. The molecule has 12 heteroatoms. The number of carbonyl (C=O) groups excluding carboxylic acids is 3. The van der Waals surface area contributed by atoms with Gasteiger partial charge in [0.25, 0.3) is 0 Å². The predicted molar refractivity (Wildman–Crippen MR) is 115 cm³/mol. The quantitative estimate of drug-likeness (QED) is 0.553. The van der Waals surface area contributed by atoms with Crippen LogP contribution in [0.25, 0.3) is 0 Å². The van der Waals surface area contributed by atoms with Gasteiger partial charge in [0.05, 0.1) is 23.5 Å². The van der Waals surface area contributed by atoms with Gasteiger partial charge >= 0.3 is 12.1 Å². The van der Waals surface area contributed by atoms with E-state index in [1.54, 1.807) is 20.8 Å². The van der Waals surface area contributed by atoms with Crippen LogP contribution in [0.1, 0.15) is 37.6 Å². The number of benzene rings is 1. The van der Waals surface area contributed by atoms with Crippen molar-refractivity contribution >= 4 is 39.4 Å². The number of rotatable bonds is 6. The molecule has 1 atom stereocenters. The summed E-state index contributed by atoms with van der Waals surface area (Å²) in [7, 11) is -3.19. The second-order valence-corrected chi connectivity index (χ2v) is 10.6. The number of sulfone groups is 1. The van der Waals surface area contributed by atoms with Crippen LogP contribution in [0.5, 0.6) is 0 Å². The third kappa shape index (κ3) is 7.84. The number of hydrogen-bond donors (Lipinski definition) is 3. The fourth-order valence-corrected chi connectivity index (χ4v) is 4.05. The van der Waals surface area contributed by atoms with E-state index < -0.39 is 51.8 Å². The van der Waals surface area contributed by atoms with Gasteiger partial charge < -0.3 is 25.4 Å². The molecule has 1 aliphatic rings. The third-order valence-corrected chi connectivity index (χ3v) is 6.09. The van der Waals surface area contributed by atoms with E-state index in [1.165, 1.54) is 29.2 Å². The molecule has 1 saturated heterocycles. The van der Waals surface area contributed by atoms with Crippen LogP contribution >= 0.6 is 0 Å². The van der Waals surface area contributed by atoms with Gasteiger partial charge in [0.2, 0.25) is 11.8 Å². The molecule has 0 unspecified atom stereocenters. The van der Waals surface area contributed by atoms with Crippen molar-refractivity contribution in [1.29, 1.82) is 0 Å². The van der Waals surface area contributed by atoms with E-state index in [9.17, 15) is 27.6 Å². The van der Waals surface area contributed by atoms with Crippen LogP contribution in [-0.2, 0) is 24.2 Å². The standard InChI is InChI=1S/C20H27N3O8S/c1-20(2,3)31-19(28)22-15(12-16(24)23-8-10-32(29,30)11-9-23)17(25)21-14-6-4-13(5-7-14)18(26)27/h4-7,15H,8-12H2,1-3H3,(H,21,25)(H,22,28)(H,26,27)/t15-/m0/s1. The fourth-order valence-electron chi connectivity index (χ4n) is 2.85. The molecule has 11 nitrogen and oxygen atoms in total. The second-order valence-electron chi connectivity index (χ2n) is 8.31. The zero-order valence-electron chi connectivity index (χ0n) is 18.1. The highest BCUT2D eigenvalue weighted by Crippen LogP contribution is 2.13. The molecule has 1 heterocycles. The van der Waals surface area contributed by atoms with Gasteiger partial charge in [-0.05, 0) is 45.0 Å². The van der Waals surface area contributed by atoms with E-state index in [-0.39, 0.29) is 35.8 Å². The van der Waals surface area contributed by atoms with Crippen molar-refractivity contribution in [2.24, 2.45) is 0 Å². The Morgan fingerprint density at radius 1 is 1.09 bits per heavy atom. The molecule has 176 valence electrons. The van der Waals surface area contributed by atoms with Crippen LogP contribution in [0.4, 0.5) is 10.5 Å². The van der Waals surface area contributed by atoms with Gasteiger partial charge in [-0.1, -0.05) is 0 Å². The Hall–Kier alpha value is -3.15. The molecule has 1 aromatic rings. The molecule has 0 bridgehead atoms. The SMILES string of the molecule is CC(C)(C)OC(=O)N[C@@H](CC(=O)N1CCS(=O)(=O)CC1)C(=O)Nc1ccc(C(=O)O)cc1. The maximum absolute atomic E-state index is 12.8. The Morgan fingerprint density at radius 2 is 1.66 bits per heavy atom. The first-order valence-corrected chi connectivity index (χ1v) is 11.7. The number of ether oxygens (including phenoxy) is 1. The Balaban J connectivity index is 2.11. The number of anilines is 1. The first-order chi connectivity index (χ1) is 14.8. The first kappa shape index (κ1) is 25.1. The number of hydrogen-bond acceptors (Lipinski definition) is 7. The number of aromatic carboxylic acids is 1. The average molecular weight is 470 g/mol. The largest absolute Gasteiger partial charge is 0.478 e. The van der Waals surface area contributed by atoms with Gasteiger partial charge in [-0.15, -0.1) is 0 Å². The molecule has 3 N–H and O–H groups in total. The molecule has 0 aromatic heterocycles. The normalized spacial score (nSPS) is 16.5. The molecule has 0 spiro atoms. The molecule has 0 radical (unpaired) electrons. The average Bonchev–Trinajstić information content (AvgIpc) is 2.66. The van der Waals surface area contributed by atoms with Crippen molar-refractivity contribution < 1.29 is 37.4 Å². The van der Waals surface area contributed by atoms with Crippen LogP contribution in [0.15, 0.2) is 24.3 Å². The van der Waals surface area contributed by atoms with Crippen LogP contribution in [0.2, 0.25) is 0 Å². The predicted octanol–water partition coefficient (Wildman–Crippen LogP) is 0.864. The zero-order chi connectivity index (χ0) is 24.1. The topological polar surface area (TPSA) is 159 Å². The lowest BCUT2D eigenvalue weighted by Crippen LogP contribution is -2.50. The van der Waals surface area contributed by atoms with Gasteiger partial charge in [0.1, 0.15) is 11.6 Å². The van der Waals surface area contributed by atoms with E-state index in [2.05, 4.69) is 10.6 Å². The van der Waals surface area contributed by atoms with Gasteiger partial charge in [0.15, 0.2) is 9.84 Å². The van der Waals surface area contributed by atoms with Crippen molar-refractivity contribution in [2.45, 2.75) is 38.8 Å². The summed E-state index contributed by atoms with van der Waals surface area (Å²) < 4.78 is 28.3. The molecule has 32 heavy (non-hydrogen) atoms. The number of carboxylic acids is 1. The summed E-state index contributed by atoms with van der Waals surface area (Å²) >= 11 is 0. The minimum atomic E-state index is -3.19. The Kier molecular flexibility index (Phi) is 7.83. The molecule has 0 saturated carbocycles. The zero-order valence-corrected chi connectivity index (χ0v) is 18.9. The maximum Gasteiger partial charge on any atom is 0.408 e. The molecule has 2 rings (SSSR count). The Labute approximate surface area is 186 Å². The summed E-state index contributed by atoms with van der Waals surface area (Å²) in [5.74, 6) is -2.65. The van der Waals surface area contributed by atoms with Crippen molar-refractivity contribution in [3.63, 3.8) is 0 Å². The highest BCUT2D eigenvalue weighted by Gasteiger charge is 2.31. The minimum absolute atomic E-state index is 0.0125. The molecule has 3 amide bonds. The highest BCUT2D eigenvalue weighted by atomic mass is 32.2. The maximum atomic E-state index is 12.8. The number of alkyl carbamates (subject to hydrolysis) is 1. The summed E-state index contributed by atoms with van der Waals surface area (Å²) in [4.78, 5) is 49.9. The Morgan fingerprint density at radius 3 is 2.16 bits per heavy atom. The van der Waals surface area contributed by atoms with Crippen molar-refractivity contribution in [1.82, 2.24) is 10.2 Å². The minimum Gasteiger partial charge on any atom is -0.478 e. The number of carboxylic acid groups (broad SMARTS) is 1. The summed E-state index contributed by atoms with van der Waals surface area (Å²) in [5, 5.41) is 13.9. The summed E-state index contributed by atoms with van der Waals surface area (Å²) in [5.41, 5.74) is -0.530. The molecule has 1 aliphatic heterocycles. The van der Waals surface area contributed by atoms with Crippen molar-refractivity contribution in [2.75, 3.05) is 29.9 Å². The van der Waals surface area contributed by atoms with Crippen molar-refractivity contribution in [3.8, 4) is 0 Å². The summed E-state index contributed by atoms with van der Waals surface area (Å²) in [6.45, 7) is 4.96. The fraction of sp³-hybridized carbons (Fsp3) is 0.500. The number of nitrogens with one attached hydrogen (secondary N) is 2. The van der Waals surface area contributed by atoms with Crippen LogP contribution in [-0.4, -0.2) is 78.5 Å². The van der Waals surface area contributed by atoms with Gasteiger partial charge in [-0.2, -0.15) is 0 Å². The summed E-state index contributed by atoms with van der Waals surface area (Å²) in [6.07, 6.45) is -1.30. The summed E-state index contributed by atoms with van der Waals surface area (Å²) in [6, 6.07) is 4.06. The molecular formula is C20H27N3O8S. The number of carbonyl (C=O) groups is 4. The van der Waals surface area contributed by atoms with Gasteiger partial charge in [-0.3, -0.25) is 9.59 Å². The molecule has 0 aliphatic carbocycles. The lowest BCUT2D eigenvalue weighted by atomic mass is 10.1. The molecule has 1 aromatic carbocycles. The van der Waals surface area contributed by atoms with E-state index in [0.29, 0.717) is 0 Å². The lowest BCUT2D eigenvalue weighted by Gasteiger charge is -2.29. The van der Waals surface area contributed by atoms with Crippen LogP contribution in [0, 0.1) is 0 Å². The Bertz CT molecular complexity index is 969. The second kappa shape index (κ2) is 9.98. The lowest BCUT2D eigenvalue weighted by molar-refractivity contribution is -0.133. The van der Waals surface area contributed by atoms with E-state index in [1.807, 2.05) is 0 Å². The smallest absolute Gasteiger partial charge is 0.408 e. The highest BCUT2D eigenvalue weighted by molar-refractivity contribution is 7.91. The number of amides is 3. The van der Waals surface area contributed by atoms with Crippen LogP contribution in [0.3, 0.4) is 0 Å². The van der Waals surface area contributed by atoms with Crippen LogP contribution < -0.4 is 10.6 Å². The third-order valence-electron chi connectivity index (χ3n) is 4.48. The molecule has 1 fully saturated rings. The van der Waals surface area contributed by atoms with E-state index >= 15 is 0 Å². The van der Waals surface area contributed by atoms with E-state index in [4.69, 9.17) is 9.84 Å². The van der Waals surface area contributed by atoms with E-state index in [0.717, 1.165) is 0 Å². The number of nitrogens with zero attached hydrogens (tertiary/aromatic N) is 1. The van der Waals surface area contributed by atoms with Gasteiger partial charge in [-0.25, -0.2) is 18.0 Å².